The Kier molecular flexibility index (Phi) is 4.52. The topological polar surface area (TPSA) is 15.3 Å². The first-order valence-corrected chi connectivity index (χ1v) is 7.61. The van der Waals surface area contributed by atoms with Crippen LogP contribution in [0.5, 0.6) is 0 Å². The number of hydrogen-bond acceptors (Lipinski definition) is 4. The number of nitrogens with one attached hydrogen (secondary N) is 1. The molecule has 0 aromatic carbocycles. The van der Waals surface area contributed by atoms with Crippen molar-refractivity contribution in [1.82, 2.24) is 10.2 Å². The van der Waals surface area contributed by atoms with E-state index in [2.05, 4.69) is 45.2 Å². The van der Waals surface area contributed by atoms with Gasteiger partial charge in [-0.25, -0.2) is 0 Å². The molecule has 1 atom stereocenters. The zero-order valence-electron chi connectivity index (χ0n) is 8.70. The fraction of sp³-hybridized carbons (Fsp3) is 0.600. The van der Waals surface area contributed by atoms with Gasteiger partial charge in [-0.2, -0.15) is 0 Å². The molecule has 2 heterocycles. The third kappa shape index (κ3) is 3.46. The average molecular weight is 307 g/mol. The molecular weight excluding hydrogens is 292 g/mol. The molecule has 2 nitrogen and oxygen atoms in total. The first-order valence-electron chi connectivity index (χ1n) is 5.12. The van der Waals surface area contributed by atoms with Crippen molar-refractivity contribution >= 4 is 39.0 Å². The fourth-order valence-electron chi connectivity index (χ4n) is 1.65. The van der Waals surface area contributed by atoms with E-state index >= 15 is 0 Å². The van der Waals surface area contributed by atoms with Crippen molar-refractivity contribution in [2.24, 2.45) is 0 Å². The molecule has 0 saturated carbocycles. The normalized spacial score (nSPS) is 20.4. The Morgan fingerprint density at radius 1 is 1.47 bits per heavy atom. The summed E-state index contributed by atoms with van der Waals surface area (Å²) in [6.45, 7) is 6.88. The van der Waals surface area contributed by atoms with Crippen molar-refractivity contribution in [2.45, 2.75) is 16.5 Å². The second-order valence-electron chi connectivity index (χ2n) is 3.56. The summed E-state index contributed by atoms with van der Waals surface area (Å²) >= 11 is 7.27. The third-order valence-electron chi connectivity index (χ3n) is 2.50. The molecule has 1 aromatic rings. The smallest absolute Gasteiger partial charge is 0.0710 e. The third-order valence-corrected chi connectivity index (χ3v) is 5.47. The van der Waals surface area contributed by atoms with Gasteiger partial charge in [-0.05, 0) is 35.0 Å². The summed E-state index contributed by atoms with van der Waals surface area (Å²) in [5, 5.41) is 3.96. The summed E-state index contributed by atoms with van der Waals surface area (Å²) in [5.74, 6) is 0. The molecule has 0 spiro atoms. The van der Waals surface area contributed by atoms with Gasteiger partial charge in [-0.15, -0.1) is 11.3 Å². The van der Waals surface area contributed by atoms with Crippen LogP contribution in [-0.2, 0) is 0 Å². The molecule has 2 rings (SSSR count). The SMILES string of the molecule is CC(Sc1ccc(Br)s1)N1CCNCC1. The van der Waals surface area contributed by atoms with E-state index < -0.39 is 0 Å². The zero-order chi connectivity index (χ0) is 10.7. The standard InChI is InChI=1S/C10H15BrN2S2/c1-8(13-6-4-12-5-7-13)14-10-3-2-9(11)15-10/h2-3,8,12H,4-7H2,1H3. The number of thioether (sulfide) groups is 1. The molecule has 84 valence electrons. The highest BCUT2D eigenvalue weighted by Gasteiger charge is 2.17. The van der Waals surface area contributed by atoms with Crippen molar-refractivity contribution < 1.29 is 0 Å². The van der Waals surface area contributed by atoms with Crippen LogP contribution in [0.4, 0.5) is 0 Å². The van der Waals surface area contributed by atoms with Crippen molar-refractivity contribution in [3.8, 4) is 0 Å². The molecule has 0 amide bonds. The lowest BCUT2D eigenvalue weighted by Gasteiger charge is -2.31. The molecule has 0 bridgehead atoms. The van der Waals surface area contributed by atoms with Gasteiger partial charge in [0, 0.05) is 26.2 Å². The number of halogens is 1. The minimum absolute atomic E-state index is 0.581. The first-order chi connectivity index (χ1) is 7.25. The van der Waals surface area contributed by atoms with Crippen molar-refractivity contribution in [1.29, 1.82) is 0 Å². The van der Waals surface area contributed by atoms with Crippen molar-refractivity contribution in [3.63, 3.8) is 0 Å². The largest absolute Gasteiger partial charge is 0.314 e. The van der Waals surface area contributed by atoms with Crippen LogP contribution in [-0.4, -0.2) is 36.5 Å². The van der Waals surface area contributed by atoms with E-state index in [9.17, 15) is 0 Å². The van der Waals surface area contributed by atoms with Gasteiger partial charge < -0.3 is 5.32 Å². The molecule has 1 N–H and O–H groups in total. The Hall–Kier alpha value is 0.450. The summed E-state index contributed by atoms with van der Waals surface area (Å²) < 4.78 is 2.62. The summed E-state index contributed by atoms with van der Waals surface area (Å²) in [5.41, 5.74) is 0. The minimum atomic E-state index is 0.581. The predicted octanol–water partition coefficient (Wildman–Crippen LogP) is 2.85. The number of hydrogen-bond donors (Lipinski definition) is 1. The van der Waals surface area contributed by atoms with Gasteiger partial charge in [0.15, 0.2) is 0 Å². The lowest BCUT2D eigenvalue weighted by Crippen LogP contribution is -2.46. The molecule has 15 heavy (non-hydrogen) atoms. The maximum Gasteiger partial charge on any atom is 0.0710 e. The van der Waals surface area contributed by atoms with Gasteiger partial charge in [0.1, 0.15) is 0 Å². The maximum atomic E-state index is 3.50. The quantitative estimate of drug-likeness (QED) is 0.865. The highest BCUT2D eigenvalue weighted by atomic mass is 79.9. The second-order valence-corrected chi connectivity index (χ2v) is 7.64. The number of nitrogens with zero attached hydrogens (tertiary/aromatic N) is 1. The molecule has 1 aromatic heterocycles. The maximum absolute atomic E-state index is 3.50. The van der Waals surface area contributed by atoms with Gasteiger partial charge in [0.2, 0.25) is 0 Å². The summed E-state index contributed by atoms with van der Waals surface area (Å²) in [6.07, 6.45) is 0. The van der Waals surface area contributed by atoms with E-state index in [1.54, 1.807) is 0 Å². The van der Waals surface area contributed by atoms with Crippen LogP contribution in [0, 0.1) is 0 Å². The molecule has 1 aliphatic rings. The Balaban J connectivity index is 1.88. The summed E-state index contributed by atoms with van der Waals surface area (Å²) in [6, 6.07) is 4.32. The van der Waals surface area contributed by atoms with Crippen LogP contribution >= 0.6 is 39.0 Å². The highest BCUT2D eigenvalue weighted by Crippen LogP contribution is 2.34. The molecule has 1 aliphatic heterocycles. The van der Waals surface area contributed by atoms with Gasteiger partial charge in [-0.3, -0.25) is 4.90 Å². The lowest BCUT2D eigenvalue weighted by molar-refractivity contribution is 0.235. The van der Waals surface area contributed by atoms with E-state index in [1.807, 2.05) is 23.1 Å². The Morgan fingerprint density at radius 2 is 2.20 bits per heavy atom. The number of thiophene rings is 1. The van der Waals surface area contributed by atoms with Crippen molar-refractivity contribution in [2.75, 3.05) is 26.2 Å². The van der Waals surface area contributed by atoms with Crippen molar-refractivity contribution in [3.05, 3.63) is 15.9 Å². The van der Waals surface area contributed by atoms with Crippen LogP contribution in [0.25, 0.3) is 0 Å². The Morgan fingerprint density at radius 3 is 2.80 bits per heavy atom. The van der Waals surface area contributed by atoms with E-state index in [-0.39, 0.29) is 0 Å². The molecule has 1 unspecified atom stereocenters. The molecule has 0 aliphatic carbocycles. The van der Waals surface area contributed by atoms with E-state index in [4.69, 9.17) is 0 Å². The fourth-order valence-corrected chi connectivity index (χ4v) is 4.81. The second kappa shape index (κ2) is 5.68. The number of rotatable bonds is 3. The molecule has 1 fully saturated rings. The monoisotopic (exact) mass is 306 g/mol. The van der Waals surface area contributed by atoms with Crippen LogP contribution in [0.2, 0.25) is 0 Å². The first kappa shape index (κ1) is 11.9. The Bertz CT molecular complexity index is 310. The van der Waals surface area contributed by atoms with Crippen LogP contribution in [0.15, 0.2) is 20.1 Å². The predicted molar refractivity (Wildman–Crippen MR) is 71.8 cm³/mol. The lowest BCUT2D eigenvalue weighted by atomic mass is 10.4. The van der Waals surface area contributed by atoms with E-state index in [1.165, 1.54) is 21.1 Å². The van der Waals surface area contributed by atoms with E-state index in [0.717, 1.165) is 13.1 Å². The zero-order valence-corrected chi connectivity index (χ0v) is 11.9. The summed E-state index contributed by atoms with van der Waals surface area (Å²) in [7, 11) is 0. The summed E-state index contributed by atoms with van der Waals surface area (Å²) in [4.78, 5) is 2.54. The number of piperazine rings is 1. The van der Waals surface area contributed by atoms with E-state index in [0.29, 0.717) is 5.37 Å². The molecule has 1 saturated heterocycles. The highest BCUT2D eigenvalue weighted by molar-refractivity contribution is 9.11. The van der Waals surface area contributed by atoms with Gasteiger partial charge in [0.25, 0.3) is 0 Å². The Labute approximate surface area is 108 Å². The van der Waals surface area contributed by atoms with Gasteiger partial charge in [0.05, 0.1) is 13.4 Å². The molecular formula is C10H15BrN2S2. The van der Waals surface area contributed by atoms with Crippen LogP contribution in [0.1, 0.15) is 6.92 Å². The molecule has 5 heteroatoms. The van der Waals surface area contributed by atoms with Gasteiger partial charge in [-0.1, -0.05) is 11.8 Å². The van der Waals surface area contributed by atoms with Crippen LogP contribution < -0.4 is 5.32 Å². The molecule has 0 radical (unpaired) electrons. The minimum Gasteiger partial charge on any atom is -0.314 e. The van der Waals surface area contributed by atoms with Crippen LogP contribution in [0.3, 0.4) is 0 Å². The average Bonchev–Trinajstić information content (AvgIpc) is 2.65. The van der Waals surface area contributed by atoms with Gasteiger partial charge >= 0.3 is 0 Å².